The Bertz CT molecular complexity index is 1440. The minimum Gasteiger partial charge on any atom is -0.354 e. The lowest BCUT2D eigenvalue weighted by Gasteiger charge is -2.10. The summed E-state index contributed by atoms with van der Waals surface area (Å²) >= 11 is 6.21. The van der Waals surface area contributed by atoms with Crippen molar-refractivity contribution in [2.75, 3.05) is 20.6 Å². The van der Waals surface area contributed by atoms with Crippen molar-refractivity contribution in [1.29, 1.82) is 5.26 Å². The predicted octanol–water partition coefficient (Wildman–Crippen LogP) is 4.42. The number of fused-ring (bicyclic) bond motifs is 1. The van der Waals surface area contributed by atoms with Gasteiger partial charge in [-0.3, -0.25) is 9.48 Å². The highest BCUT2D eigenvalue weighted by Crippen LogP contribution is 2.32. The minimum atomic E-state index is -0.961. The SMILES string of the molecule is CN(C)CCn1cc(-c2c(F)cc3[nH]c(-c4cc(C#N)ccc4Cl)cc(=O)c3c2F)cn1. The summed E-state index contributed by atoms with van der Waals surface area (Å²) in [7, 11) is 3.83. The van der Waals surface area contributed by atoms with E-state index in [0.717, 1.165) is 6.07 Å². The zero-order valence-corrected chi connectivity index (χ0v) is 18.0. The van der Waals surface area contributed by atoms with Crippen molar-refractivity contribution in [1.82, 2.24) is 19.7 Å². The van der Waals surface area contributed by atoms with Crippen LogP contribution >= 0.6 is 11.6 Å². The maximum atomic E-state index is 15.4. The van der Waals surface area contributed by atoms with Crippen molar-refractivity contribution < 1.29 is 8.78 Å². The minimum absolute atomic E-state index is 0.00956. The molecule has 9 heteroatoms. The van der Waals surface area contributed by atoms with Gasteiger partial charge in [0.05, 0.1) is 46.5 Å². The van der Waals surface area contributed by atoms with Gasteiger partial charge in [-0.2, -0.15) is 10.4 Å². The number of aromatic amines is 1. The van der Waals surface area contributed by atoms with Crippen LogP contribution in [0.2, 0.25) is 5.02 Å². The Morgan fingerprint density at radius 1 is 1.25 bits per heavy atom. The molecule has 0 unspecified atom stereocenters. The fraction of sp³-hybridized carbons (Fsp3) is 0.174. The van der Waals surface area contributed by atoms with Crippen molar-refractivity contribution in [2.45, 2.75) is 6.54 Å². The van der Waals surface area contributed by atoms with Gasteiger partial charge >= 0.3 is 0 Å². The average molecular weight is 454 g/mol. The molecule has 4 rings (SSSR count). The Labute approximate surface area is 187 Å². The zero-order valence-electron chi connectivity index (χ0n) is 17.3. The Morgan fingerprint density at radius 2 is 2.03 bits per heavy atom. The van der Waals surface area contributed by atoms with Crippen molar-refractivity contribution in [3.8, 4) is 28.5 Å². The van der Waals surface area contributed by atoms with Gasteiger partial charge < -0.3 is 9.88 Å². The molecule has 0 aliphatic rings. The van der Waals surface area contributed by atoms with Crippen LogP contribution in [0.5, 0.6) is 0 Å². The molecule has 0 atom stereocenters. The van der Waals surface area contributed by atoms with Gasteiger partial charge in [-0.1, -0.05) is 11.6 Å². The predicted molar refractivity (Wildman–Crippen MR) is 119 cm³/mol. The molecule has 0 spiro atoms. The molecule has 0 fully saturated rings. The smallest absolute Gasteiger partial charge is 0.193 e. The number of benzene rings is 2. The molecule has 0 bridgehead atoms. The van der Waals surface area contributed by atoms with Gasteiger partial charge in [-0.15, -0.1) is 0 Å². The Kier molecular flexibility index (Phi) is 5.78. The molecule has 0 saturated carbocycles. The van der Waals surface area contributed by atoms with Crippen LogP contribution in [0.25, 0.3) is 33.3 Å². The number of rotatable bonds is 5. The number of likely N-dealkylation sites (N-methyl/N-ethyl adjacent to an activating group) is 1. The molecule has 162 valence electrons. The second kappa shape index (κ2) is 8.54. The van der Waals surface area contributed by atoms with Crippen LogP contribution in [0.3, 0.4) is 0 Å². The Hall–Kier alpha value is -3.54. The van der Waals surface area contributed by atoms with Gasteiger partial charge in [-0.25, -0.2) is 8.78 Å². The van der Waals surface area contributed by atoms with Crippen LogP contribution in [-0.4, -0.2) is 40.3 Å². The molecule has 6 nitrogen and oxygen atoms in total. The van der Waals surface area contributed by atoms with Crippen molar-refractivity contribution in [2.24, 2.45) is 0 Å². The van der Waals surface area contributed by atoms with Crippen LogP contribution in [-0.2, 0) is 6.54 Å². The van der Waals surface area contributed by atoms with Crippen molar-refractivity contribution >= 4 is 22.5 Å². The lowest BCUT2D eigenvalue weighted by molar-refractivity contribution is 0.373. The van der Waals surface area contributed by atoms with E-state index in [9.17, 15) is 9.18 Å². The first-order chi connectivity index (χ1) is 15.3. The van der Waals surface area contributed by atoms with E-state index in [4.69, 9.17) is 16.9 Å². The number of halogens is 3. The molecule has 2 aromatic carbocycles. The zero-order chi connectivity index (χ0) is 23.0. The molecule has 0 radical (unpaired) electrons. The van der Waals surface area contributed by atoms with Gasteiger partial charge in [-0.05, 0) is 38.4 Å². The normalized spacial score (nSPS) is 11.3. The fourth-order valence-electron chi connectivity index (χ4n) is 3.47. The number of hydrogen-bond donors (Lipinski definition) is 1. The van der Waals surface area contributed by atoms with E-state index in [-0.39, 0.29) is 27.7 Å². The molecule has 2 aromatic heterocycles. The molecule has 2 heterocycles. The fourth-order valence-corrected chi connectivity index (χ4v) is 3.69. The summed E-state index contributed by atoms with van der Waals surface area (Å²) in [5.74, 6) is -1.79. The van der Waals surface area contributed by atoms with Crippen molar-refractivity contribution in [3.05, 3.63) is 75.2 Å². The Morgan fingerprint density at radius 3 is 2.75 bits per heavy atom. The van der Waals surface area contributed by atoms with Crippen LogP contribution < -0.4 is 5.43 Å². The number of aromatic nitrogens is 3. The van der Waals surface area contributed by atoms with Gasteiger partial charge in [0.1, 0.15) is 11.6 Å². The molecule has 1 N–H and O–H groups in total. The summed E-state index contributed by atoms with van der Waals surface area (Å²) < 4.78 is 31.9. The van der Waals surface area contributed by atoms with Crippen LogP contribution in [0, 0.1) is 23.0 Å². The van der Waals surface area contributed by atoms with Gasteiger partial charge in [0.15, 0.2) is 5.43 Å². The largest absolute Gasteiger partial charge is 0.354 e. The van der Waals surface area contributed by atoms with Gasteiger partial charge in [0.25, 0.3) is 0 Å². The second-order valence-corrected chi connectivity index (χ2v) is 8.03. The van der Waals surface area contributed by atoms with E-state index in [1.54, 1.807) is 10.9 Å². The van der Waals surface area contributed by atoms with Crippen LogP contribution in [0.1, 0.15) is 5.56 Å². The number of nitrogens with one attached hydrogen (secondary N) is 1. The summed E-state index contributed by atoms with van der Waals surface area (Å²) in [6.07, 6.45) is 2.92. The number of nitriles is 1. The van der Waals surface area contributed by atoms with E-state index in [0.29, 0.717) is 29.2 Å². The van der Waals surface area contributed by atoms with E-state index >= 15 is 4.39 Å². The molecule has 0 amide bonds. The number of pyridine rings is 1. The first-order valence-electron chi connectivity index (χ1n) is 9.71. The number of hydrogen-bond acceptors (Lipinski definition) is 4. The number of H-pyrrole nitrogens is 1. The summed E-state index contributed by atoms with van der Waals surface area (Å²) in [6.45, 7) is 1.26. The lowest BCUT2D eigenvalue weighted by Crippen LogP contribution is -2.18. The highest BCUT2D eigenvalue weighted by molar-refractivity contribution is 6.33. The Balaban J connectivity index is 1.84. The molecule has 4 aromatic rings. The van der Waals surface area contributed by atoms with Crippen molar-refractivity contribution in [3.63, 3.8) is 0 Å². The average Bonchev–Trinajstić information content (AvgIpc) is 3.20. The third-order valence-corrected chi connectivity index (χ3v) is 5.42. The van der Waals surface area contributed by atoms with Crippen LogP contribution in [0.15, 0.2) is 47.5 Å². The highest BCUT2D eigenvalue weighted by Gasteiger charge is 2.20. The maximum absolute atomic E-state index is 15.4. The molecule has 0 aliphatic heterocycles. The third kappa shape index (κ3) is 4.00. The molecular weight excluding hydrogens is 436 g/mol. The van der Waals surface area contributed by atoms with Gasteiger partial charge in [0.2, 0.25) is 0 Å². The maximum Gasteiger partial charge on any atom is 0.193 e. The molecule has 32 heavy (non-hydrogen) atoms. The van der Waals surface area contributed by atoms with E-state index in [2.05, 4.69) is 10.1 Å². The van der Waals surface area contributed by atoms with E-state index in [1.807, 2.05) is 25.1 Å². The lowest BCUT2D eigenvalue weighted by atomic mass is 10.0. The highest BCUT2D eigenvalue weighted by atomic mass is 35.5. The standard InChI is InChI=1S/C23H18ClF2N5O/c1-30(2)5-6-31-12-14(11-28-31)21-17(25)8-19-22(23(21)26)20(32)9-18(29-19)15-7-13(10-27)3-4-16(15)24/h3-4,7-9,11-12H,5-6H2,1-2H3,(H,29,32). The third-order valence-electron chi connectivity index (χ3n) is 5.09. The molecular formula is C23H18ClF2N5O. The monoisotopic (exact) mass is 453 g/mol. The summed E-state index contributed by atoms with van der Waals surface area (Å²) in [5, 5.41) is 13.3. The van der Waals surface area contributed by atoms with Gasteiger partial charge in [0, 0.05) is 35.0 Å². The quantitative estimate of drug-likeness (QED) is 0.485. The first kappa shape index (κ1) is 21.7. The molecule has 0 saturated heterocycles. The van der Waals surface area contributed by atoms with Crippen LogP contribution in [0.4, 0.5) is 8.78 Å². The second-order valence-electron chi connectivity index (χ2n) is 7.62. The summed E-state index contributed by atoms with van der Waals surface area (Å²) in [5.41, 5.74) is 0.273. The summed E-state index contributed by atoms with van der Waals surface area (Å²) in [6, 6.07) is 8.83. The van der Waals surface area contributed by atoms with E-state index < -0.39 is 17.1 Å². The summed E-state index contributed by atoms with van der Waals surface area (Å²) in [4.78, 5) is 17.7. The number of nitrogens with zero attached hydrogens (tertiary/aromatic N) is 4. The van der Waals surface area contributed by atoms with E-state index in [1.165, 1.54) is 30.5 Å². The topological polar surface area (TPSA) is 77.7 Å². The first-order valence-corrected chi connectivity index (χ1v) is 10.1. The molecule has 0 aliphatic carbocycles.